The molecule has 8 nitrogen and oxygen atoms in total. The van der Waals surface area contributed by atoms with Gasteiger partial charge in [0.2, 0.25) is 0 Å². The summed E-state index contributed by atoms with van der Waals surface area (Å²) in [5.74, 6) is 0.743. The molecule has 1 aromatic carbocycles. The number of benzene rings is 1. The van der Waals surface area contributed by atoms with Gasteiger partial charge in [-0.3, -0.25) is 5.32 Å². The summed E-state index contributed by atoms with van der Waals surface area (Å²) in [5, 5.41) is 10.5. The normalized spacial score (nSPS) is 18.6. The molecule has 0 aliphatic heterocycles. The summed E-state index contributed by atoms with van der Waals surface area (Å²) in [5.41, 5.74) is 1.13. The molecule has 0 radical (unpaired) electrons. The first kappa shape index (κ1) is 24.6. The fourth-order valence-electron chi connectivity index (χ4n) is 3.87. The van der Waals surface area contributed by atoms with Gasteiger partial charge in [-0.1, -0.05) is 30.3 Å². The van der Waals surface area contributed by atoms with Crippen molar-refractivity contribution in [2.45, 2.75) is 90.5 Å². The molecular weight excluding hydrogens is 420 g/mol. The SMILES string of the molecule is CC(C)(C)NC(=O)O[C@@H]1CC[C@H](c2cc(NC(=O)OCc3ccccc3)n(C(C)(C)C)n2)C1. The molecule has 0 saturated heterocycles. The summed E-state index contributed by atoms with van der Waals surface area (Å²) in [6.07, 6.45) is 1.29. The number of rotatable bonds is 5. The molecule has 0 bridgehead atoms. The van der Waals surface area contributed by atoms with E-state index in [1.807, 2.05) is 82.6 Å². The highest BCUT2D eigenvalue weighted by molar-refractivity contribution is 5.83. The lowest BCUT2D eigenvalue weighted by Crippen LogP contribution is -2.42. The Morgan fingerprint density at radius 2 is 1.76 bits per heavy atom. The van der Waals surface area contributed by atoms with Crippen molar-refractivity contribution in [1.82, 2.24) is 15.1 Å². The third-order valence-electron chi connectivity index (χ3n) is 5.36. The van der Waals surface area contributed by atoms with Crippen LogP contribution in [0.2, 0.25) is 0 Å². The van der Waals surface area contributed by atoms with Crippen LogP contribution in [0.25, 0.3) is 0 Å². The van der Waals surface area contributed by atoms with Crippen molar-refractivity contribution in [2.75, 3.05) is 5.32 Å². The fraction of sp³-hybridized carbons (Fsp3) is 0.560. The van der Waals surface area contributed by atoms with Crippen LogP contribution >= 0.6 is 0 Å². The molecule has 2 amide bonds. The van der Waals surface area contributed by atoms with Crippen molar-refractivity contribution in [3.05, 3.63) is 47.7 Å². The molecule has 1 aromatic heterocycles. The first-order chi connectivity index (χ1) is 15.4. The van der Waals surface area contributed by atoms with Crippen LogP contribution in [0.5, 0.6) is 0 Å². The summed E-state index contributed by atoms with van der Waals surface area (Å²) in [6.45, 7) is 12.0. The standard InChI is InChI=1S/C25H36N4O4/c1-24(2,3)27-23(31)33-19-13-12-18(14-19)20-15-21(29(28-20)25(4,5)6)26-22(30)32-16-17-10-8-7-9-11-17/h7-11,15,18-19H,12-14,16H2,1-6H3,(H,26,30)(H,27,31)/t18-,19+/m0/s1. The molecule has 0 spiro atoms. The smallest absolute Gasteiger partial charge is 0.413 e. The zero-order valence-electron chi connectivity index (χ0n) is 20.5. The average Bonchev–Trinajstić information content (AvgIpc) is 3.32. The molecule has 180 valence electrons. The Balaban J connectivity index is 1.64. The van der Waals surface area contributed by atoms with Crippen LogP contribution < -0.4 is 10.6 Å². The average molecular weight is 457 g/mol. The van der Waals surface area contributed by atoms with Crippen molar-refractivity contribution in [3.8, 4) is 0 Å². The summed E-state index contributed by atoms with van der Waals surface area (Å²) in [4.78, 5) is 24.6. The molecule has 1 saturated carbocycles. The zero-order chi connectivity index (χ0) is 24.2. The Morgan fingerprint density at radius 1 is 1.06 bits per heavy atom. The Bertz CT molecular complexity index is 957. The maximum atomic E-state index is 12.4. The molecule has 1 fully saturated rings. The molecule has 2 aromatic rings. The van der Waals surface area contributed by atoms with E-state index in [-0.39, 0.29) is 29.7 Å². The van der Waals surface area contributed by atoms with Crippen molar-refractivity contribution in [3.63, 3.8) is 0 Å². The van der Waals surface area contributed by atoms with E-state index in [0.717, 1.165) is 24.1 Å². The topological polar surface area (TPSA) is 94.5 Å². The number of anilines is 1. The first-order valence-electron chi connectivity index (χ1n) is 11.5. The Morgan fingerprint density at radius 3 is 2.39 bits per heavy atom. The maximum Gasteiger partial charge on any atom is 0.413 e. The van der Waals surface area contributed by atoms with Crippen molar-refractivity contribution >= 4 is 18.0 Å². The molecule has 3 rings (SSSR count). The highest BCUT2D eigenvalue weighted by atomic mass is 16.6. The van der Waals surface area contributed by atoms with Gasteiger partial charge in [0.25, 0.3) is 0 Å². The molecule has 1 aliphatic rings. The third-order valence-corrected chi connectivity index (χ3v) is 5.36. The van der Waals surface area contributed by atoms with Gasteiger partial charge in [-0.05, 0) is 66.4 Å². The summed E-state index contributed by atoms with van der Waals surface area (Å²) in [7, 11) is 0. The number of carbonyl (C=O) groups excluding carboxylic acids is 2. The second-order valence-corrected chi connectivity index (χ2v) is 10.6. The van der Waals surface area contributed by atoms with E-state index in [9.17, 15) is 9.59 Å². The van der Waals surface area contributed by atoms with E-state index in [4.69, 9.17) is 14.6 Å². The lowest BCUT2D eigenvalue weighted by Gasteiger charge is -2.22. The van der Waals surface area contributed by atoms with Gasteiger partial charge in [-0.2, -0.15) is 5.10 Å². The van der Waals surface area contributed by atoms with Crippen molar-refractivity contribution < 1.29 is 19.1 Å². The first-order valence-corrected chi connectivity index (χ1v) is 11.5. The van der Waals surface area contributed by atoms with E-state index in [1.165, 1.54) is 0 Å². The van der Waals surface area contributed by atoms with E-state index in [2.05, 4.69) is 10.6 Å². The predicted molar refractivity (Wildman–Crippen MR) is 127 cm³/mol. The summed E-state index contributed by atoms with van der Waals surface area (Å²) in [6, 6.07) is 11.4. The third kappa shape index (κ3) is 7.23. The maximum absolute atomic E-state index is 12.4. The fourth-order valence-corrected chi connectivity index (χ4v) is 3.87. The van der Waals surface area contributed by atoms with E-state index < -0.39 is 12.2 Å². The van der Waals surface area contributed by atoms with Crippen LogP contribution in [0.3, 0.4) is 0 Å². The Labute approximate surface area is 196 Å². The number of hydrogen-bond donors (Lipinski definition) is 2. The number of alkyl carbamates (subject to hydrolysis) is 1. The van der Waals surface area contributed by atoms with Crippen molar-refractivity contribution in [1.29, 1.82) is 0 Å². The van der Waals surface area contributed by atoms with Gasteiger partial charge in [-0.25, -0.2) is 14.3 Å². The number of nitrogens with zero attached hydrogens (tertiary/aromatic N) is 2. The molecule has 8 heteroatoms. The van der Waals surface area contributed by atoms with Crippen LogP contribution in [0.1, 0.15) is 78.0 Å². The van der Waals surface area contributed by atoms with Crippen LogP contribution in [0, 0.1) is 0 Å². The van der Waals surface area contributed by atoms with Gasteiger partial charge < -0.3 is 14.8 Å². The highest BCUT2D eigenvalue weighted by Crippen LogP contribution is 2.37. The quantitative estimate of drug-likeness (QED) is 0.615. The van der Waals surface area contributed by atoms with E-state index in [1.54, 1.807) is 0 Å². The largest absolute Gasteiger partial charge is 0.446 e. The number of carbonyl (C=O) groups is 2. The molecule has 1 heterocycles. The lowest BCUT2D eigenvalue weighted by atomic mass is 10.0. The van der Waals surface area contributed by atoms with Crippen LogP contribution in [0.4, 0.5) is 15.4 Å². The Hall–Kier alpha value is -3.03. The van der Waals surface area contributed by atoms with Gasteiger partial charge >= 0.3 is 12.2 Å². The molecular formula is C25H36N4O4. The van der Waals surface area contributed by atoms with Gasteiger partial charge in [0.15, 0.2) is 0 Å². The van der Waals surface area contributed by atoms with E-state index in [0.29, 0.717) is 12.2 Å². The second-order valence-electron chi connectivity index (χ2n) is 10.6. The molecule has 2 atom stereocenters. The monoisotopic (exact) mass is 456 g/mol. The van der Waals surface area contributed by atoms with Gasteiger partial charge in [-0.15, -0.1) is 0 Å². The minimum absolute atomic E-state index is 0.149. The number of ether oxygens (including phenoxy) is 2. The highest BCUT2D eigenvalue weighted by Gasteiger charge is 2.32. The number of nitrogens with one attached hydrogen (secondary N) is 2. The summed E-state index contributed by atoms with van der Waals surface area (Å²) >= 11 is 0. The number of amides is 2. The van der Waals surface area contributed by atoms with Gasteiger partial charge in [0.1, 0.15) is 18.5 Å². The molecule has 0 unspecified atom stereocenters. The molecule has 1 aliphatic carbocycles. The molecule has 33 heavy (non-hydrogen) atoms. The Kier molecular flexibility index (Phi) is 7.34. The van der Waals surface area contributed by atoms with Crippen LogP contribution in [0.15, 0.2) is 36.4 Å². The van der Waals surface area contributed by atoms with Gasteiger partial charge in [0.05, 0.1) is 11.2 Å². The minimum Gasteiger partial charge on any atom is -0.446 e. The molecule has 2 N–H and O–H groups in total. The zero-order valence-corrected chi connectivity index (χ0v) is 20.5. The summed E-state index contributed by atoms with van der Waals surface area (Å²) < 4.78 is 12.8. The van der Waals surface area contributed by atoms with Crippen LogP contribution in [-0.2, 0) is 21.6 Å². The van der Waals surface area contributed by atoms with E-state index >= 15 is 0 Å². The van der Waals surface area contributed by atoms with Crippen molar-refractivity contribution in [2.24, 2.45) is 0 Å². The van der Waals surface area contributed by atoms with Gasteiger partial charge in [0, 0.05) is 17.5 Å². The number of hydrogen-bond acceptors (Lipinski definition) is 5. The predicted octanol–water partition coefficient (Wildman–Crippen LogP) is 5.55. The second kappa shape index (κ2) is 9.85. The van der Waals surface area contributed by atoms with Crippen LogP contribution in [-0.4, -0.2) is 33.6 Å². The number of aromatic nitrogens is 2. The minimum atomic E-state index is -0.526. The lowest BCUT2D eigenvalue weighted by molar-refractivity contribution is 0.0936.